The molecule has 6 heteroatoms. The second-order valence-electron chi connectivity index (χ2n) is 12.5. The van der Waals surface area contributed by atoms with Crippen molar-refractivity contribution < 1.29 is 0 Å². The number of benzene rings is 4. The van der Waals surface area contributed by atoms with Crippen LogP contribution < -0.4 is 0 Å². The summed E-state index contributed by atoms with van der Waals surface area (Å²) in [5, 5.41) is 21.5. The number of aromatic amines is 2. The maximum atomic E-state index is 10.8. The summed E-state index contributed by atoms with van der Waals surface area (Å²) in [7, 11) is 0. The highest BCUT2D eigenvalue weighted by atomic mass is 14.8. The van der Waals surface area contributed by atoms with E-state index >= 15 is 0 Å². The van der Waals surface area contributed by atoms with Gasteiger partial charge >= 0.3 is 0 Å². The minimum atomic E-state index is 0.225. The number of nitriles is 2. The number of H-pyrrole nitrogens is 2. The largest absolute Gasteiger partial charge is 0.354 e. The molecule has 2 aliphatic heterocycles. The van der Waals surface area contributed by atoms with Gasteiger partial charge in [0.1, 0.15) is 12.1 Å². The van der Waals surface area contributed by atoms with E-state index in [-0.39, 0.29) is 11.1 Å². The molecule has 2 N–H and O–H groups in total. The quantitative estimate of drug-likeness (QED) is 0.195. The molecule has 9 rings (SSSR count). The third-order valence-corrected chi connectivity index (χ3v) is 9.50. The minimum absolute atomic E-state index is 0.225. The molecule has 0 spiro atoms. The Hall–Kier alpha value is -7.54. The monoisotopic (exact) mass is 664 g/mol. The van der Waals surface area contributed by atoms with Gasteiger partial charge in [0.05, 0.1) is 33.9 Å². The number of fused-ring (bicyclic) bond motifs is 8. The standard InChI is InChI=1S/C46H28N6/c47-27-33-34(28-48)46-44(32-19-11-4-12-20-32)40-26-24-38(51-40)42(30-15-7-2-8-16-30)36-22-21-35(49-36)41(29-13-5-1-6-14-29)37-23-25-39(50-37)43(45(33)52-46)31-17-9-3-10-18-31/h1-26,50-51H. The van der Waals surface area contributed by atoms with Crippen LogP contribution in [0.2, 0.25) is 0 Å². The number of aromatic nitrogens is 4. The minimum Gasteiger partial charge on any atom is -0.354 e. The Morgan fingerprint density at radius 3 is 1.00 bits per heavy atom. The second-order valence-corrected chi connectivity index (χ2v) is 12.5. The molecule has 7 aromatic rings. The van der Waals surface area contributed by atoms with E-state index < -0.39 is 0 Å². The number of nitrogens with one attached hydrogen (secondary N) is 2. The van der Waals surface area contributed by atoms with Crippen molar-refractivity contribution in [2.75, 3.05) is 0 Å². The van der Waals surface area contributed by atoms with E-state index in [9.17, 15) is 10.5 Å². The summed E-state index contributed by atoms with van der Waals surface area (Å²) in [6.07, 6.45) is 4.15. The van der Waals surface area contributed by atoms with Gasteiger partial charge < -0.3 is 9.97 Å². The molecule has 8 bridgehead atoms. The van der Waals surface area contributed by atoms with Gasteiger partial charge in [-0.25, -0.2) is 9.97 Å². The van der Waals surface area contributed by atoms with Crippen LogP contribution in [0.5, 0.6) is 0 Å². The molecule has 0 unspecified atom stereocenters. The van der Waals surface area contributed by atoms with Crippen molar-refractivity contribution in [3.8, 4) is 56.6 Å². The highest BCUT2D eigenvalue weighted by Crippen LogP contribution is 2.42. The third-order valence-electron chi connectivity index (χ3n) is 9.50. The first-order valence-corrected chi connectivity index (χ1v) is 17.0. The van der Waals surface area contributed by atoms with Crippen LogP contribution in [0.4, 0.5) is 0 Å². The number of hydrogen-bond donors (Lipinski definition) is 2. The van der Waals surface area contributed by atoms with E-state index in [1.807, 2.05) is 121 Å². The summed E-state index contributed by atoms with van der Waals surface area (Å²) in [5.41, 5.74) is 13.3. The molecule has 2 aliphatic rings. The molecule has 0 saturated heterocycles. The van der Waals surface area contributed by atoms with E-state index in [4.69, 9.17) is 9.97 Å². The van der Waals surface area contributed by atoms with Crippen LogP contribution in [-0.2, 0) is 0 Å². The summed E-state index contributed by atoms with van der Waals surface area (Å²) in [6.45, 7) is 0. The van der Waals surface area contributed by atoms with Crippen molar-refractivity contribution in [3.63, 3.8) is 0 Å². The zero-order valence-electron chi connectivity index (χ0n) is 27.8. The fraction of sp³-hybridized carbons (Fsp3) is 0. The highest BCUT2D eigenvalue weighted by Gasteiger charge is 2.28. The maximum absolute atomic E-state index is 10.8. The second kappa shape index (κ2) is 12.7. The van der Waals surface area contributed by atoms with Crippen molar-refractivity contribution in [2.24, 2.45) is 0 Å². The topological polar surface area (TPSA) is 105 Å². The van der Waals surface area contributed by atoms with Gasteiger partial charge in [-0.2, -0.15) is 10.5 Å². The molecule has 4 aromatic carbocycles. The predicted molar refractivity (Wildman–Crippen MR) is 210 cm³/mol. The van der Waals surface area contributed by atoms with Crippen molar-refractivity contribution in [2.45, 2.75) is 0 Å². The van der Waals surface area contributed by atoms with Crippen LogP contribution in [-0.4, -0.2) is 19.9 Å². The Morgan fingerprint density at radius 1 is 0.365 bits per heavy atom. The molecule has 0 saturated carbocycles. The van der Waals surface area contributed by atoms with E-state index in [0.717, 1.165) is 78.0 Å². The molecule has 52 heavy (non-hydrogen) atoms. The smallest absolute Gasteiger partial charge is 0.103 e. The number of nitrogens with zero attached hydrogens (tertiary/aromatic N) is 4. The van der Waals surface area contributed by atoms with Crippen LogP contribution in [0.3, 0.4) is 0 Å². The molecule has 0 radical (unpaired) electrons. The lowest BCUT2D eigenvalue weighted by molar-refractivity contribution is 1.30. The van der Waals surface area contributed by atoms with Gasteiger partial charge in [-0.3, -0.25) is 0 Å². The molecule has 0 fully saturated rings. The van der Waals surface area contributed by atoms with Crippen LogP contribution in [0.15, 0.2) is 146 Å². The zero-order valence-corrected chi connectivity index (χ0v) is 27.8. The molecular weight excluding hydrogens is 637 g/mol. The van der Waals surface area contributed by atoms with Crippen molar-refractivity contribution in [1.82, 2.24) is 19.9 Å². The Morgan fingerprint density at radius 2 is 0.673 bits per heavy atom. The van der Waals surface area contributed by atoms with Gasteiger partial charge in [-0.15, -0.1) is 0 Å². The fourth-order valence-electron chi connectivity index (χ4n) is 7.20. The number of allylic oxidation sites excluding steroid dienone is 2. The molecule has 242 valence electrons. The molecule has 3 aromatic heterocycles. The van der Waals surface area contributed by atoms with Crippen molar-refractivity contribution in [1.29, 1.82) is 10.5 Å². The molecule has 5 heterocycles. The van der Waals surface area contributed by atoms with Crippen LogP contribution in [0, 0.1) is 22.7 Å². The Balaban J connectivity index is 1.55. The Kier molecular flexibility index (Phi) is 7.47. The molecule has 0 amide bonds. The van der Waals surface area contributed by atoms with Crippen LogP contribution in [0.1, 0.15) is 22.8 Å². The van der Waals surface area contributed by atoms with Gasteiger partial charge in [0, 0.05) is 44.3 Å². The van der Waals surface area contributed by atoms with Crippen LogP contribution in [0.25, 0.3) is 89.9 Å². The summed E-state index contributed by atoms with van der Waals surface area (Å²) < 4.78 is 0. The summed E-state index contributed by atoms with van der Waals surface area (Å²) >= 11 is 0. The first-order valence-electron chi connectivity index (χ1n) is 17.0. The van der Waals surface area contributed by atoms with Crippen molar-refractivity contribution in [3.05, 3.63) is 168 Å². The van der Waals surface area contributed by atoms with E-state index in [2.05, 4.69) is 58.5 Å². The average Bonchev–Trinajstić information content (AvgIpc) is 4.03. The van der Waals surface area contributed by atoms with E-state index in [1.54, 1.807) is 0 Å². The van der Waals surface area contributed by atoms with E-state index in [1.165, 1.54) is 0 Å². The normalized spacial score (nSPS) is 12.0. The lowest BCUT2D eigenvalue weighted by atomic mass is 9.96. The Labute approximate surface area is 300 Å². The molecular formula is C46H28N6. The fourth-order valence-corrected chi connectivity index (χ4v) is 7.20. The molecule has 0 atom stereocenters. The first kappa shape index (κ1) is 30.5. The highest BCUT2D eigenvalue weighted by molar-refractivity contribution is 6.12. The zero-order chi connectivity index (χ0) is 35.0. The summed E-state index contributed by atoms with van der Waals surface area (Å²) in [6, 6.07) is 53.1. The summed E-state index contributed by atoms with van der Waals surface area (Å²) in [5.74, 6) is 0. The van der Waals surface area contributed by atoms with Gasteiger partial charge in [0.25, 0.3) is 0 Å². The van der Waals surface area contributed by atoms with Gasteiger partial charge in [-0.05, 0) is 58.7 Å². The van der Waals surface area contributed by atoms with Gasteiger partial charge in [0.15, 0.2) is 0 Å². The number of hydrogen-bond acceptors (Lipinski definition) is 4. The predicted octanol–water partition coefficient (Wildman–Crippen LogP) is 11.1. The maximum Gasteiger partial charge on any atom is 0.103 e. The van der Waals surface area contributed by atoms with Crippen molar-refractivity contribution >= 4 is 45.4 Å². The van der Waals surface area contributed by atoms with Crippen LogP contribution >= 0.6 is 0 Å². The van der Waals surface area contributed by atoms with Gasteiger partial charge in [0.2, 0.25) is 0 Å². The first-order chi connectivity index (χ1) is 25.7. The molecule has 6 nitrogen and oxygen atoms in total. The number of rotatable bonds is 4. The Bertz CT molecular complexity index is 2640. The van der Waals surface area contributed by atoms with E-state index in [0.29, 0.717) is 11.4 Å². The lowest BCUT2D eigenvalue weighted by Crippen LogP contribution is -1.90. The SMILES string of the molecule is N#CC1=C(C#N)c2nc1c(-c1ccccc1)c1ccc([nH]1)c(-c1ccccc1)c1nc(c(-c3ccccc3)c3ccc([nH]3)c2-c2ccccc2)C=C1. The molecule has 0 aliphatic carbocycles. The summed E-state index contributed by atoms with van der Waals surface area (Å²) in [4.78, 5) is 18.0. The third kappa shape index (κ3) is 5.11. The van der Waals surface area contributed by atoms with Gasteiger partial charge in [-0.1, -0.05) is 121 Å². The average molecular weight is 665 g/mol. The lowest BCUT2D eigenvalue weighted by Gasteiger charge is -2.07.